The van der Waals surface area contributed by atoms with Crippen molar-refractivity contribution in [3.05, 3.63) is 54.4 Å². The van der Waals surface area contributed by atoms with Crippen molar-refractivity contribution in [3.8, 4) is 11.1 Å². The monoisotopic (exact) mass is 352 g/mol. The molecule has 0 radical (unpaired) electrons. The van der Waals surface area contributed by atoms with Gasteiger partial charge in [0.05, 0.1) is 0 Å². The molecule has 1 amide bonds. The largest absolute Gasteiger partial charge is 0.352 e. The second-order valence-electron chi connectivity index (χ2n) is 6.93. The highest BCUT2D eigenvalue weighted by molar-refractivity contribution is 5.94. The third-order valence-electron chi connectivity index (χ3n) is 4.92. The molecule has 1 aromatic heterocycles. The summed E-state index contributed by atoms with van der Waals surface area (Å²) in [5, 5.41) is 3.02. The van der Waals surface area contributed by atoms with Gasteiger partial charge in [0.2, 0.25) is 0 Å². The lowest BCUT2D eigenvalue weighted by atomic mass is 10.1. The van der Waals surface area contributed by atoms with Gasteiger partial charge in [0.25, 0.3) is 5.91 Å². The Morgan fingerprint density at radius 2 is 1.81 bits per heavy atom. The standard InChI is InChI=1S/C21H28N4O/c1-24-13-15-25(16-14-24)12-3-2-11-23-21(26)19-8-6-18(7-9-19)20-5-4-10-22-17-20/h4-10,17H,2-3,11-16H2,1H3,(H,23,26). The second-order valence-corrected chi connectivity index (χ2v) is 6.93. The molecule has 5 heteroatoms. The molecule has 0 unspecified atom stereocenters. The number of likely N-dealkylation sites (N-methyl/N-ethyl adjacent to an activating group) is 1. The van der Waals surface area contributed by atoms with E-state index in [0.29, 0.717) is 5.56 Å². The summed E-state index contributed by atoms with van der Waals surface area (Å²) in [5.74, 6) is 0.00216. The fourth-order valence-corrected chi connectivity index (χ4v) is 3.18. The smallest absolute Gasteiger partial charge is 0.251 e. The van der Waals surface area contributed by atoms with Gasteiger partial charge in [-0.1, -0.05) is 18.2 Å². The number of benzene rings is 1. The quantitative estimate of drug-likeness (QED) is 0.778. The van der Waals surface area contributed by atoms with Crippen molar-refractivity contribution in [3.63, 3.8) is 0 Å². The predicted molar refractivity (Wildman–Crippen MR) is 105 cm³/mol. The zero-order valence-electron chi connectivity index (χ0n) is 15.5. The van der Waals surface area contributed by atoms with Crippen molar-refractivity contribution in [1.29, 1.82) is 0 Å². The van der Waals surface area contributed by atoms with Crippen molar-refractivity contribution >= 4 is 5.91 Å². The van der Waals surface area contributed by atoms with Crippen molar-refractivity contribution in [2.75, 3.05) is 46.3 Å². The molecule has 2 aromatic rings. The van der Waals surface area contributed by atoms with Gasteiger partial charge >= 0.3 is 0 Å². The first kappa shape index (κ1) is 18.5. The molecule has 1 saturated heterocycles. The molecule has 0 atom stereocenters. The van der Waals surface area contributed by atoms with Gasteiger partial charge in [-0.25, -0.2) is 0 Å². The molecule has 0 saturated carbocycles. The minimum Gasteiger partial charge on any atom is -0.352 e. The Hall–Kier alpha value is -2.24. The van der Waals surface area contributed by atoms with Gasteiger partial charge in [0.15, 0.2) is 0 Å². The highest BCUT2D eigenvalue weighted by atomic mass is 16.1. The van der Waals surface area contributed by atoms with E-state index in [1.807, 2.05) is 42.6 Å². The van der Waals surface area contributed by atoms with Crippen molar-refractivity contribution in [1.82, 2.24) is 20.1 Å². The number of aromatic nitrogens is 1. The molecule has 1 fully saturated rings. The number of carbonyl (C=O) groups is 1. The summed E-state index contributed by atoms with van der Waals surface area (Å²) in [6.07, 6.45) is 5.74. The van der Waals surface area contributed by atoms with E-state index in [1.165, 1.54) is 0 Å². The zero-order chi connectivity index (χ0) is 18.2. The number of pyridine rings is 1. The van der Waals surface area contributed by atoms with Crippen molar-refractivity contribution in [2.45, 2.75) is 12.8 Å². The maximum Gasteiger partial charge on any atom is 0.251 e. The number of amides is 1. The van der Waals surface area contributed by atoms with Crippen molar-refractivity contribution < 1.29 is 4.79 Å². The number of carbonyl (C=O) groups excluding carboxylic acids is 1. The van der Waals surface area contributed by atoms with Crippen LogP contribution in [0.3, 0.4) is 0 Å². The van der Waals surface area contributed by atoms with E-state index in [-0.39, 0.29) is 5.91 Å². The molecule has 1 aromatic carbocycles. The van der Waals surface area contributed by atoms with E-state index in [1.54, 1.807) is 6.20 Å². The van der Waals surface area contributed by atoms with Gasteiger partial charge in [-0.15, -0.1) is 0 Å². The topological polar surface area (TPSA) is 48.5 Å². The van der Waals surface area contributed by atoms with Crippen LogP contribution in [0.2, 0.25) is 0 Å². The van der Waals surface area contributed by atoms with Gasteiger partial charge < -0.3 is 15.1 Å². The van der Waals surface area contributed by atoms with Crippen molar-refractivity contribution in [2.24, 2.45) is 0 Å². The van der Waals surface area contributed by atoms with Crippen LogP contribution in [0.1, 0.15) is 23.2 Å². The lowest BCUT2D eigenvalue weighted by Crippen LogP contribution is -2.44. The van der Waals surface area contributed by atoms with Crippen LogP contribution in [0.5, 0.6) is 0 Å². The lowest BCUT2D eigenvalue weighted by Gasteiger charge is -2.32. The summed E-state index contributed by atoms with van der Waals surface area (Å²) in [6.45, 7) is 6.50. The summed E-state index contributed by atoms with van der Waals surface area (Å²) >= 11 is 0. The fourth-order valence-electron chi connectivity index (χ4n) is 3.18. The third-order valence-corrected chi connectivity index (χ3v) is 4.92. The third kappa shape index (κ3) is 5.38. The van der Waals surface area contributed by atoms with Crippen LogP contribution in [0.4, 0.5) is 0 Å². The Balaban J connectivity index is 1.37. The Kier molecular flexibility index (Phi) is 6.75. The molecular weight excluding hydrogens is 324 g/mol. The van der Waals surface area contributed by atoms with Crippen LogP contribution in [0.15, 0.2) is 48.8 Å². The molecule has 5 nitrogen and oxygen atoms in total. The Morgan fingerprint density at radius 1 is 1.04 bits per heavy atom. The molecule has 0 spiro atoms. The van der Waals surface area contributed by atoms with E-state index >= 15 is 0 Å². The number of nitrogens with zero attached hydrogens (tertiary/aromatic N) is 3. The van der Waals surface area contributed by atoms with E-state index in [2.05, 4.69) is 27.1 Å². The Labute approximate surface area is 156 Å². The van der Waals surface area contributed by atoms with Gasteiger partial charge in [-0.2, -0.15) is 0 Å². The van der Waals surface area contributed by atoms with Crippen LogP contribution < -0.4 is 5.32 Å². The van der Waals surface area contributed by atoms with E-state index in [0.717, 1.165) is 63.2 Å². The summed E-state index contributed by atoms with van der Waals surface area (Å²) in [7, 11) is 2.18. The maximum absolute atomic E-state index is 12.3. The van der Waals surface area contributed by atoms with Crippen LogP contribution >= 0.6 is 0 Å². The Bertz CT molecular complexity index is 679. The first-order valence-electron chi connectivity index (χ1n) is 9.42. The van der Waals surface area contributed by atoms with Crippen LogP contribution in [-0.2, 0) is 0 Å². The molecule has 1 N–H and O–H groups in total. The fraction of sp³-hybridized carbons (Fsp3) is 0.429. The van der Waals surface area contributed by atoms with E-state index in [4.69, 9.17) is 0 Å². The Morgan fingerprint density at radius 3 is 2.50 bits per heavy atom. The highest BCUT2D eigenvalue weighted by Gasteiger charge is 2.12. The molecule has 0 aliphatic carbocycles. The molecular formula is C21H28N4O. The summed E-state index contributed by atoms with van der Waals surface area (Å²) in [6, 6.07) is 11.6. The summed E-state index contributed by atoms with van der Waals surface area (Å²) in [4.78, 5) is 21.3. The second kappa shape index (κ2) is 9.46. The van der Waals surface area contributed by atoms with Gasteiger partial charge in [-0.3, -0.25) is 9.78 Å². The molecule has 1 aliphatic rings. The van der Waals surface area contributed by atoms with E-state index in [9.17, 15) is 4.79 Å². The average molecular weight is 352 g/mol. The van der Waals surface area contributed by atoms with Gasteiger partial charge in [-0.05, 0) is 55.8 Å². The number of unbranched alkanes of at least 4 members (excludes halogenated alkanes) is 1. The van der Waals surface area contributed by atoms with Gasteiger partial charge in [0.1, 0.15) is 0 Å². The SMILES string of the molecule is CN1CCN(CCCCNC(=O)c2ccc(-c3cccnc3)cc2)CC1. The first-order valence-corrected chi connectivity index (χ1v) is 9.42. The molecule has 1 aliphatic heterocycles. The van der Waals surface area contributed by atoms with E-state index < -0.39 is 0 Å². The summed E-state index contributed by atoms with van der Waals surface area (Å²) in [5.41, 5.74) is 2.84. The minimum atomic E-state index is 0.00216. The van der Waals surface area contributed by atoms with Gasteiger partial charge in [0, 0.05) is 50.7 Å². The zero-order valence-corrected chi connectivity index (χ0v) is 15.5. The normalized spacial score (nSPS) is 15.7. The first-order chi connectivity index (χ1) is 12.7. The van der Waals surface area contributed by atoms with Crippen LogP contribution in [0.25, 0.3) is 11.1 Å². The number of rotatable bonds is 7. The predicted octanol–water partition coefficient (Wildman–Crippen LogP) is 2.51. The molecule has 2 heterocycles. The summed E-state index contributed by atoms with van der Waals surface area (Å²) < 4.78 is 0. The average Bonchev–Trinajstić information content (AvgIpc) is 2.70. The highest BCUT2D eigenvalue weighted by Crippen LogP contribution is 2.18. The molecule has 0 bridgehead atoms. The maximum atomic E-state index is 12.3. The number of nitrogens with one attached hydrogen (secondary N) is 1. The number of hydrogen-bond donors (Lipinski definition) is 1. The van der Waals surface area contributed by atoms with Crippen LogP contribution in [-0.4, -0.2) is 67.0 Å². The molecule has 138 valence electrons. The molecule has 3 rings (SSSR count). The number of hydrogen-bond acceptors (Lipinski definition) is 4. The number of piperazine rings is 1. The lowest BCUT2D eigenvalue weighted by molar-refractivity contribution is 0.0952. The van der Waals surface area contributed by atoms with Crippen LogP contribution in [0, 0.1) is 0 Å². The minimum absolute atomic E-state index is 0.00216. The molecule has 26 heavy (non-hydrogen) atoms.